The number of amides is 1. The first-order chi connectivity index (χ1) is 9.22. The highest BCUT2D eigenvalue weighted by molar-refractivity contribution is 6.03. The van der Waals surface area contributed by atoms with Crippen molar-refractivity contribution in [3.63, 3.8) is 0 Å². The number of aromatic hydroxyl groups is 1. The Balaban J connectivity index is 1.86. The van der Waals surface area contributed by atoms with E-state index in [1.165, 1.54) is 18.5 Å². The maximum Gasteiger partial charge on any atom is 0.259 e. The Kier molecular flexibility index (Phi) is 2.60. The number of hydrogen-bond donors (Lipinski definition) is 3. The highest BCUT2D eigenvalue weighted by atomic mass is 16.3. The molecule has 1 amide bonds. The van der Waals surface area contributed by atoms with Gasteiger partial charge in [-0.2, -0.15) is 0 Å². The SMILES string of the molecule is O=C(Nc1nc2ccccc2[nH]1)c1cncc(O)c1. The molecule has 0 bridgehead atoms. The average Bonchev–Trinajstić information content (AvgIpc) is 2.80. The number of aromatic nitrogens is 3. The van der Waals surface area contributed by atoms with Gasteiger partial charge in [-0.05, 0) is 18.2 Å². The molecule has 19 heavy (non-hydrogen) atoms. The van der Waals surface area contributed by atoms with Crippen LogP contribution in [0.3, 0.4) is 0 Å². The summed E-state index contributed by atoms with van der Waals surface area (Å²) in [6, 6.07) is 8.80. The standard InChI is InChI=1S/C13H10N4O2/c18-9-5-8(6-14-7-9)12(19)17-13-15-10-3-1-2-4-11(10)16-13/h1-7,18H,(H2,15,16,17,19). The van der Waals surface area contributed by atoms with Gasteiger partial charge in [0.1, 0.15) is 5.75 Å². The molecule has 0 spiro atoms. The third-order valence-electron chi connectivity index (χ3n) is 2.61. The summed E-state index contributed by atoms with van der Waals surface area (Å²) < 4.78 is 0. The molecule has 1 aromatic carbocycles. The first-order valence-corrected chi connectivity index (χ1v) is 5.62. The van der Waals surface area contributed by atoms with Gasteiger partial charge in [0.25, 0.3) is 5.91 Å². The van der Waals surface area contributed by atoms with Crippen molar-refractivity contribution in [3.05, 3.63) is 48.3 Å². The molecule has 6 heteroatoms. The molecule has 94 valence electrons. The third-order valence-corrected chi connectivity index (χ3v) is 2.61. The number of benzene rings is 1. The van der Waals surface area contributed by atoms with Crippen LogP contribution in [0.5, 0.6) is 5.75 Å². The van der Waals surface area contributed by atoms with Crippen LogP contribution in [0.25, 0.3) is 11.0 Å². The average molecular weight is 254 g/mol. The molecule has 0 radical (unpaired) electrons. The van der Waals surface area contributed by atoms with Crippen LogP contribution >= 0.6 is 0 Å². The lowest BCUT2D eigenvalue weighted by molar-refractivity contribution is 0.102. The molecular formula is C13H10N4O2. The number of H-pyrrole nitrogens is 1. The number of hydrogen-bond acceptors (Lipinski definition) is 4. The van der Waals surface area contributed by atoms with Crippen molar-refractivity contribution in [2.24, 2.45) is 0 Å². The highest BCUT2D eigenvalue weighted by Gasteiger charge is 2.10. The Morgan fingerprint density at radius 3 is 2.89 bits per heavy atom. The van der Waals surface area contributed by atoms with Crippen LogP contribution in [-0.4, -0.2) is 26.0 Å². The Morgan fingerprint density at radius 1 is 1.26 bits per heavy atom. The van der Waals surface area contributed by atoms with Crippen molar-refractivity contribution in [1.29, 1.82) is 0 Å². The lowest BCUT2D eigenvalue weighted by Gasteiger charge is -2.01. The number of imidazole rings is 1. The topological polar surface area (TPSA) is 90.9 Å². The number of carbonyl (C=O) groups is 1. The van der Waals surface area contributed by atoms with Gasteiger partial charge in [0.2, 0.25) is 5.95 Å². The van der Waals surface area contributed by atoms with Crippen LogP contribution in [0.1, 0.15) is 10.4 Å². The zero-order chi connectivity index (χ0) is 13.2. The summed E-state index contributed by atoms with van der Waals surface area (Å²) in [4.78, 5) is 22.9. The summed E-state index contributed by atoms with van der Waals surface area (Å²) >= 11 is 0. The van der Waals surface area contributed by atoms with E-state index in [2.05, 4.69) is 20.3 Å². The first-order valence-electron chi connectivity index (χ1n) is 5.62. The fraction of sp³-hybridized carbons (Fsp3) is 0. The number of pyridine rings is 1. The molecule has 0 saturated carbocycles. The van der Waals surface area contributed by atoms with E-state index >= 15 is 0 Å². The molecule has 0 saturated heterocycles. The van der Waals surface area contributed by atoms with Gasteiger partial charge in [0.05, 0.1) is 22.8 Å². The van der Waals surface area contributed by atoms with E-state index in [9.17, 15) is 9.90 Å². The minimum Gasteiger partial charge on any atom is -0.506 e. The predicted octanol–water partition coefficient (Wildman–Crippen LogP) is 1.92. The van der Waals surface area contributed by atoms with Gasteiger partial charge in [-0.3, -0.25) is 15.1 Å². The normalized spacial score (nSPS) is 10.5. The van der Waals surface area contributed by atoms with Gasteiger partial charge in [-0.1, -0.05) is 12.1 Å². The molecule has 0 fully saturated rings. The molecule has 0 aliphatic carbocycles. The van der Waals surface area contributed by atoms with E-state index in [1.807, 2.05) is 24.3 Å². The van der Waals surface area contributed by atoms with Crippen LogP contribution in [0.15, 0.2) is 42.7 Å². The largest absolute Gasteiger partial charge is 0.506 e. The highest BCUT2D eigenvalue weighted by Crippen LogP contribution is 2.15. The number of aromatic amines is 1. The third kappa shape index (κ3) is 2.23. The summed E-state index contributed by atoms with van der Waals surface area (Å²) in [6.45, 7) is 0. The Morgan fingerprint density at radius 2 is 2.11 bits per heavy atom. The van der Waals surface area contributed by atoms with E-state index in [0.29, 0.717) is 5.95 Å². The van der Waals surface area contributed by atoms with Gasteiger partial charge in [0.15, 0.2) is 0 Å². The number of para-hydroxylation sites is 2. The van der Waals surface area contributed by atoms with Gasteiger partial charge >= 0.3 is 0 Å². The van der Waals surface area contributed by atoms with Gasteiger partial charge in [-0.25, -0.2) is 4.98 Å². The molecule has 3 N–H and O–H groups in total. The molecule has 3 rings (SSSR count). The summed E-state index contributed by atoms with van der Waals surface area (Å²) in [5, 5.41) is 11.9. The second-order valence-corrected chi connectivity index (χ2v) is 3.99. The molecule has 0 aliphatic rings. The Labute approximate surface area is 108 Å². The van der Waals surface area contributed by atoms with Gasteiger partial charge < -0.3 is 10.1 Å². The van der Waals surface area contributed by atoms with Crippen LogP contribution in [0.2, 0.25) is 0 Å². The van der Waals surface area contributed by atoms with Gasteiger partial charge in [0, 0.05) is 6.20 Å². The quantitative estimate of drug-likeness (QED) is 0.651. The minimum absolute atomic E-state index is 0.0581. The number of carbonyl (C=O) groups excluding carboxylic acids is 1. The summed E-state index contributed by atoms with van der Waals surface area (Å²) in [6.07, 6.45) is 2.63. The maximum absolute atomic E-state index is 11.9. The number of anilines is 1. The lowest BCUT2D eigenvalue weighted by atomic mass is 10.2. The Bertz CT molecular complexity index is 718. The molecule has 0 aliphatic heterocycles. The molecule has 3 aromatic rings. The fourth-order valence-electron chi connectivity index (χ4n) is 1.74. The number of rotatable bonds is 2. The van der Waals surface area contributed by atoms with Crippen molar-refractivity contribution in [1.82, 2.24) is 15.0 Å². The van der Waals surface area contributed by atoms with Gasteiger partial charge in [-0.15, -0.1) is 0 Å². The lowest BCUT2D eigenvalue weighted by Crippen LogP contribution is -2.13. The van der Waals surface area contributed by atoms with E-state index in [-0.39, 0.29) is 17.2 Å². The Hall–Kier alpha value is -2.89. The summed E-state index contributed by atoms with van der Waals surface area (Å²) in [5.74, 6) is -0.0887. The summed E-state index contributed by atoms with van der Waals surface area (Å²) in [5.41, 5.74) is 1.87. The molecular weight excluding hydrogens is 244 g/mol. The van der Waals surface area contributed by atoms with Crippen LogP contribution in [0.4, 0.5) is 5.95 Å². The molecule has 6 nitrogen and oxygen atoms in total. The summed E-state index contributed by atoms with van der Waals surface area (Å²) in [7, 11) is 0. The number of nitrogens with one attached hydrogen (secondary N) is 2. The van der Waals surface area contributed by atoms with Crippen LogP contribution in [0, 0.1) is 0 Å². The maximum atomic E-state index is 11.9. The molecule has 2 heterocycles. The fourth-order valence-corrected chi connectivity index (χ4v) is 1.74. The van der Waals surface area contributed by atoms with Crippen molar-refractivity contribution >= 4 is 22.9 Å². The first kappa shape index (κ1) is 11.2. The monoisotopic (exact) mass is 254 g/mol. The zero-order valence-corrected chi connectivity index (χ0v) is 9.79. The smallest absolute Gasteiger partial charge is 0.259 e. The molecule has 0 atom stereocenters. The second kappa shape index (κ2) is 4.41. The minimum atomic E-state index is -0.387. The van der Waals surface area contributed by atoms with Crippen molar-refractivity contribution in [2.45, 2.75) is 0 Å². The number of fused-ring (bicyclic) bond motifs is 1. The van der Waals surface area contributed by atoms with E-state index in [1.54, 1.807) is 0 Å². The predicted molar refractivity (Wildman–Crippen MR) is 69.9 cm³/mol. The van der Waals surface area contributed by atoms with E-state index in [4.69, 9.17) is 0 Å². The van der Waals surface area contributed by atoms with Crippen molar-refractivity contribution in [2.75, 3.05) is 5.32 Å². The van der Waals surface area contributed by atoms with E-state index < -0.39 is 0 Å². The van der Waals surface area contributed by atoms with Crippen LogP contribution in [-0.2, 0) is 0 Å². The van der Waals surface area contributed by atoms with Crippen molar-refractivity contribution < 1.29 is 9.90 Å². The van der Waals surface area contributed by atoms with Crippen molar-refractivity contribution in [3.8, 4) is 5.75 Å². The number of nitrogens with zero attached hydrogens (tertiary/aromatic N) is 2. The molecule has 0 unspecified atom stereocenters. The second-order valence-electron chi connectivity index (χ2n) is 3.99. The van der Waals surface area contributed by atoms with Crippen LogP contribution < -0.4 is 5.32 Å². The molecule has 2 aromatic heterocycles. The zero-order valence-electron chi connectivity index (χ0n) is 9.79. The van der Waals surface area contributed by atoms with E-state index in [0.717, 1.165) is 11.0 Å².